The van der Waals surface area contributed by atoms with Crippen LogP contribution in [0.3, 0.4) is 0 Å². The Kier molecular flexibility index (Phi) is 5.84. The topological polar surface area (TPSA) is 9.23 Å². The van der Waals surface area contributed by atoms with E-state index >= 15 is 0 Å². The van der Waals surface area contributed by atoms with Gasteiger partial charge >= 0.3 is 0 Å². The largest absolute Gasteiger partial charge is 0.490 e. The summed E-state index contributed by atoms with van der Waals surface area (Å²) >= 11 is 5.87. The summed E-state index contributed by atoms with van der Waals surface area (Å²) in [5.74, 6) is 1.68. The Morgan fingerprint density at radius 1 is 1.29 bits per heavy atom. The normalized spacial score (nSPS) is 22.2. The second-order valence-electron chi connectivity index (χ2n) is 4.83. The summed E-state index contributed by atoms with van der Waals surface area (Å²) in [6, 6.07) is 5.79. The van der Waals surface area contributed by atoms with Gasteiger partial charge in [-0.3, -0.25) is 0 Å². The van der Waals surface area contributed by atoms with Crippen LogP contribution in [0, 0.1) is 12.8 Å². The van der Waals surface area contributed by atoms with Crippen molar-refractivity contribution in [3.8, 4) is 5.75 Å². The van der Waals surface area contributed by atoms with Crippen LogP contribution in [0.25, 0.3) is 0 Å². The Hall–Kier alpha value is -0.690. The number of ether oxygens (including phenoxy) is 1. The Bertz CT molecular complexity index is 349. The van der Waals surface area contributed by atoms with Gasteiger partial charge in [0.05, 0.1) is 0 Å². The highest BCUT2D eigenvalue weighted by atomic mass is 35.5. The van der Waals surface area contributed by atoms with Crippen molar-refractivity contribution in [2.24, 2.45) is 5.92 Å². The minimum atomic E-state index is 0.412. The number of benzene rings is 1. The van der Waals surface area contributed by atoms with Crippen LogP contribution >= 0.6 is 11.6 Å². The zero-order chi connectivity index (χ0) is 12.8. The minimum Gasteiger partial charge on any atom is -0.490 e. The summed E-state index contributed by atoms with van der Waals surface area (Å²) in [5.41, 5.74) is 1.12. The average Bonchev–Trinajstić information content (AvgIpc) is 2.27. The monoisotopic (exact) mass is 254 g/mol. The van der Waals surface area contributed by atoms with Crippen molar-refractivity contribution >= 4 is 11.6 Å². The van der Waals surface area contributed by atoms with Gasteiger partial charge in [-0.25, -0.2) is 0 Å². The van der Waals surface area contributed by atoms with Crippen molar-refractivity contribution in [3.05, 3.63) is 28.8 Å². The fourth-order valence-corrected chi connectivity index (χ4v) is 1.95. The van der Waals surface area contributed by atoms with Crippen molar-refractivity contribution in [1.29, 1.82) is 0 Å². The van der Waals surface area contributed by atoms with Crippen molar-refractivity contribution < 1.29 is 4.74 Å². The molecule has 2 rings (SSSR count). The third kappa shape index (κ3) is 4.23. The van der Waals surface area contributed by atoms with E-state index in [1.54, 1.807) is 0 Å². The minimum absolute atomic E-state index is 0.412. The van der Waals surface area contributed by atoms with Gasteiger partial charge in [0.2, 0.25) is 0 Å². The summed E-state index contributed by atoms with van der Waals surface area (Å²) < 4.78 is 5.89. The third-order valence-electron chi connectivity index (χ3n) is 2.96. The summed E-state index contributed by atoms with van der Waals surface area (Å²) in [4.78, 5) is 0. The molecule has 1 nitrogen and oxygen atoms in total. The highest BCUT2D eigenvalue weighted by Crippen LogP contribution is 2.32. The SMILES string of the molecule is CCC.Cc1cc(Cl)ccc1O[C@@H]1CC[C@H]1C. The van der Waals surface area contributed by atoms with Crippen molar-refractivity contribution in [2.45, 2.75) is 53.1 Å². The van der Waals surface area contributed by atoms with E-state index in [1.807, 2.05) is 25.1 Å². The molecule has 1 aliphatic carbocycles. The van der Waals surface area contributed by atoms with Gasteiger partial charge in [0.15, 0.2) is 0 Å². The maximum absolute atomic E-state index is 5.89. The van der Waals surface area contributed by atoms with Gasteiger partial charge in [-0.05, 0) is 49.4 Å². The number of halogens is 1. The van der Waals surface area contributed by atoms with Gasteiger partial charge in [0.25, 0.3) is 0 Å². The maximum Gasteiger partial charge on any atom is 0.122 e. The second kappa shape index (κ2) is 6.90. The Balaban J connectivity index is 0.000000437. The number of hydrogen-bond donors (Lipinski definition) is 0. The van der Waals surface area contributed by atoms with E-state index in [1.165, 1.54) is 19.3 Å². The molecule has 1 fully saturated rings. The Labute approximate surface area is 110 Å². The highest BCUT2D eigenvalue weighted by Gasteiger charge is 2.28. The van der Waals surface area contributed by atoms with Crippen LogP contribution in [-0.4, -0.2) is 6.10 Å². The van der Waals surface area contributed by atoms with Gasteiger partial charge < -0.3 is 4.74 Å². The van der Waals surface area contributed by atoms with Gasteiger partial charge in [0.1, 0.15) is 11.9 Å². The maximum atomic E-state index is 5.89. The van der Waals surface area contributed by atoms with Gasteiger partial charge in [-0.2, -0.15) is 0 Å². The quantitative estimate of drug-likeness (QED) is 0.701. The average molecular weight is 255 g/mol. The second-order valence-corrected chi connectivity index (χ2v) is 5.26. The van der Waals surface area contributed by atoms with Crippen LogP contribution in [0.1, 0.15) is 45.6 Å². The molecular formula is C15H23ClO. The molecule has 0 aromatic heterocycles. The molecule has 0 bridgehead atoms. The molecule has 0 N–H and O–H groups in total. The van der Waals surface area contributed by atoms with Gasteiger partial charge in [-0.15, -0.1) is 0 Å². The molecule has 0 unspecified atom stereocenters. The third-order valence-corrected chi connectivity index (χ3v) is 3.19. The number of aryl methyl sites for hydroxylation is 1. The fourth-order valence-electron chi connectivity index (χ4n) is 1.72. The lowest BCUT2D eigenvalue weighted by Crippen LogP contribution is -2.34. The predicted molar refractivity (Wildman–Crippen MR) is 75.0 cm³/mol. The van der Waals surface area contributed by atoms with E-state index in [0.29, 0.717) is 12.0 Å². The van der Waals surface area contributed by atoms with E-state index in [2.05, 4.69) is 20.8 Å². The summed E-state index contributed by atoms with van der Waals surface area (Å²) in [6.45, 7) is 8.52. The highest BCUT2D eigenvalue weighted by molar-refractivity contribution is 6.30. The summed E-state index contributed by atoms with van der Waals surface area (Å²) in [7, 11) is 0. The Morgan fingerprint density at radius 2 is 1.94 bits per heavy atom. The van der Waals surface area contributed by atoms with Crippen LogP contribution in [-0.2, 0) is 0 Å². The summed E-state index contributed by atoms with van der Waals surface area (Å²) in [6.07, 6.45) is 4.13. The molecule has 96 valence electrons. The molecule has 2 atom stereocenters. The van der Waals surface area contributed by atoms with E-state index < -0.39 is 0 Å². The zero-order valence-electron chi connectivity index (χ0n) is 11.3. The van der Waals surface area contributed by atoms with Crippen LogP contribution in [0.4, 0.5) is 0 Å². The molecule has 1 aliphatic rings. The molecule has 0 radical (unpaired) electrons. The van der Waals surface area contributed by atoms with Crippen LogP contribution in [0.2, 0.25) is 5.02 Å². The van der Waals surface area contributed by atoms with E-state index in [-0.39, 0.29) is 0 Å². The molecule has 0 amide bonds. The first-order chi connectivity index (χ1) is 8.08. The molecule has 0 aliphatic heterocycles. The lowest BCUT2D eigenvalue weighted by molar-refractivity contribution is 0.0571. The molecule has 1 aromatic carbocycles. The van der Waals surface area contributed by atoms with E-state index in [9.17, 15) is 0 Å². The molecule has 1 saturated carbocycles. The lowest BCUT2D eigenvalue weighted by atomic mass is 9.83. The molecule has 0 spiro atoms. The van der Waals surface area contributed by atoms with Crippen LogP contribution in [0.5, 0.6) is 5.75 Å². The van der Waals surface area contributed by atoms with Gasteiger partial charge in [-0.1, -0.05) is 38.8 Å². The molecule has 1 aromatic rings. The zero-order valence-corrected chi connectivity index (χ0v) is 12.1. The summed E-state index contributed by atoms with van der Waals surface area (Å²) in [5, 5.41) is 0.775. The molecule has 17 heavy (non-hydrogen) atoms. The molecular weight excluding hydrogens is 232 g/mol. The predicted octanol–water partition coefficient (Wildman–Crippen LogP) is 5.24. The van der Waals surface area contributed by atoms with Crippen molar-refractivity contribution in [1.82, 2.24) is 0 Å². The first-order valence-electron chi connectivity index (χ1n) is 6.51. The number of hydrogen-bond acceptors (Lipinski definition) is 1. The Morgan fingerprint density at radius 3 is 2.35 bits per heavy atom. The number of rotatable bonds is 2. The molecule has 2 heteroatoms. The molecule has 0 heterocycles. The standard InChI is InChI=1S/C12H15ClO.C3H8/c1-8-3-5-11(8)14-12-6-4-10(13)7-9(12)2;1-3-2/h4,6-8,11H,3,5H2,1-2H3;3H2,1-2H3/t8-,11-;/m1./s1. The molecule has 0 saturated heterocycles. The first kappa shape index (κ1) is 14.4. The van der Waals surface area contributed by atoms with Crippen molar-refractivity contribution in [2.75, 3.05) is 0 Å². The van der Waals surface area contributed by atoms with E-state index in [4.69, 9.17) is 16.3 Å². The van der Waals surface area contributed by atoms with Crippen LogP contribution < -0.4 is 4.74 Å². The fraction of sp³-hybridized carbons (Fsp3) is 0.600. The lowest BCUT2D eigenvalue weighted by Gasteiger charge is -2.34. The first-order valence-corrected chi connectivity index (χ1v) is 6.89. The van der Waals surface area contributed by atoms with Crippen molar-refractivity contribution in [3.63, 3.8) is 0 Å². The smallest absolute Gasteiger partial charge is 0.122 e. The van der Waals surface area contributed by atoms with Crippen LogP contribution in [0.15, 0.2) is 18.2 Å². The van der Waals surface area contributed by atoms with E-state index in [0.717, 1.165) is 16.3 Å². The van der Waals surface area contributed by atoms with Gasteiger partial charge in [0, 0.05) is 5.02 Å².